The highest BCUT2D eigenvalue weighted by Crippen LogP contribution is 2.17. The summed E-state index contributed by atoms with van der Waals surface area (Å²) in [5, 5.41) is 3.04. The molecule has 3 nitrogen and oxygen atoms in total. The van der Waals surface area contributed by atoms with Gasteiger partial charge < -0.3 is 9.73 Å². The average Bonchev–Trinajstić information content (AvgIpc) is 2.44. The lowest BCUT2D eigenvalue weighted by Gasteiger charge is -1.97. The summed E-state index contributed by atoms with van der Waals surface area (Å²) in [6, 6.07) is 5.80. The van der Waals surface area contributed by atoms with Gasteiger partial charge in [-0.3, -0.25) is 0 Å². The lowest BCUT2D eigenvalue weighted by atomic mass is 10.2. The van der Waals surface area contributed by atoms with E-state index in [9.17, 15) is 4.79 Å². The Kier molecular flexibility index (Phi) is 2.16. The van der Waals surface area contributed by atoms with Crippen molar-refractivity contribution in [3.05, 3.63) is 33.5 Å². The van der Waals surface area contributed by atoms with E-state index >= 15 is 0 Å². The molecule has 0 saturated carbocycles. The van der Waals surface area contributed by atoms with Crippen LogP contribution >= 0.6 is 11.3 Å². The third kappa shape index (κ3) is 1.64. The molecule has 0 aliphatic rings. The van der Waals surface area contributed by atoms with Crippen molar-refractivity contribution < 1.29 is 4.42 Å². The first-order chi connectivity index (χ1) is 6.29. The molecule has 2 rings (SSSR count). The van der Waals surface area contributed by atoms with E-state index in [1.807, 2.05) is 25.2 Å². The van der Waals surface area contributed by atoms with Crippen LogP contribution in [0, 0.1) is 0 Å². The van der Waals surface area contributed by atoms with Crippen LogP contribution in [0.25, 0.3) is 10.3 Å². The van der Waals surface area contributed by atoms with E-state index in [4.69, 9.17) is 4.42 Å². The maximum absolute atomic E-state index is 10.9. The molecule has 0 atom stereocenters. The van der Waals surface area contributed by atoms with Gasteiger partial charge in [0.1, 0.15) is 5.58 Å². The Morgan fingerprint density at radius 2 is 2.38 bits per heavy atom. The Bertz CT molecular complexity index is 472. The zero-order valence-electron chi connectivity index (χ0n) is 7.16. The fourth-order valence-electron chi connectivity index (χ4n) is 1.23. The number of benzene rings is 1. The number of hydrogen-bond donors (Lipinski definition) is 1. The van der Waals surface area contributed by atoms with Gasteiger partial charge in [0.15, 0.2) is 0 Å². The molecule has 0 aliphatic heterocycles. The molecule has 13 heavy (non-hydrogen) atoms. The lowest BCUT2D eigenvalue weighted by Crippen LogP contribution is -2.04. The number of hydrogen-bond acceptors (Lipinski definition) is 4. The minimum absolute atomic E-state index is 0.239. The Hall–Kier alpha value is -1.13. The molecule has 1 N–H and O–H groups in total. The second-order valence-electron chi connectivity index (χ2n) is 2.77. The van der Waals surface area contributed by atoms with Crippen LogP contribution in [0.4, 0.5) is 0 Å². The van der Waals surface area contributed by atoms with Crippen LogP contribution in [0.15, 0.2) is 27.4 Å². The highest BCUT2D eigenvalue weighted by molar-refractivity contribution is 7.16. The molecule has 0 amide bonds. The highest BCUT2D eigenvalue weighted by atomic mass is 32.1. The topological polar surface area (TPSA) is 42.2 Å². The molecule has 0 saturated heterocycles. The van der Waals surface area contributed by atoms with Crippen molar-refractivity contribution in [2.75, 3.05) is 7.05 Å². The summed E-state index contributed by atoms with van der Waals surface area (Å²) in [6.45, 7) is 0.787. The normalized spacial score (nSPS) is 10.8. The fourth-order valence-corrected chi connectivity index (χ4v) is 1.88. The predicted octanol–water partition coefficient (Wildman–Crippen LogP) is 1.57. The van der Waals surface area contributed by atoms with E-state index < -0.39 is 0 Å². The molecule has 68 valence electrons. The summed E-state index contributed by atoms with van der Waals surface area (Å²) in [5.41, 5.74) is 1.80. The zero-order chi connectivity index (χ0) is 9.26. The van der Waals surface area contributed by atoms with Gasteiger partial charge in [0, 0.05) is 6.54 Å². The fraction of sp³-hybridized carbons (Fsp3) is 0.222. The minimum Gasteiger partial charge on any atom is -0.414 e. The molecule has 0 unspecified atom stereocenters. The van der Waals surface area contributed by atoms with Gasteiger partial charge in [-0.15, -0.1) is 0 Å². The monoisotopic (exact) mass is 195 g/mol. The van der Waals surface area contributed by atoms with Gasteiger partial charge in [-0.05, 0) is 24.7 Å². The van der Waals surface area contributed by atoms with Gasteiger partial charge in [0.25, 0.3) is 0 Å². The van der Waals surface area contributed by atoms with Crippen molar-refractivity contribution in [3.8, 4) is 0 Å². The molecular weight excluding hydrogens is 186 g/mol. The van der Waals surface area contributed by atoms with Gasteiger partial charge in [0.05, 0.1) is 4.70 Å². The molecule has 4 heteroatoms. The van der Waals surface area contributed by atoms with E-state index in [2.05, 4.69) is 5.32 Å². The number of rotatable bonds is 2. The molecule has 0 fully saturated rings. The summed E-state index contributed by atoms with van der Waals surface area (Å²) in [6.07, 6.45) is 0. The van der Waals surface area contributed by atoms with Crippen LogP contribution in [-0.4, -0.2) is 7.05 Å². The highest BCUT2D eigenvalue weighted by Gasteiger charge is 2.01. The Morgan fingerprint density at radius 3 is 3.15 bits per heavy atom. The van der Waals surface area contributed by atoms with Gasteiger partial charge >= 0.3 is 4.94 Å². The lowest BCUT2D eigenvalue weighted by molar-refractivity contribution is 0.585. The Balaban J connectivity index is 2.54. The molecule has 1 aromatic heterocycles. The van der Waals surface area contributed by atoms with Crippen LogP contribution in [0.2, 0.25) is 0 Å². The molecule has 2 aromatic rings. The molecule has 0 spiro atoms. The molecule has 1 heterocycles. The summed E-state index contributed by atoms with van der Waals surface area (Å²) in [5.74, 6) is 0. The van der Waals surface area contributed by atoms with Crippen molar-refractivity contribution in [2.24, 2.45) is 0 Å². The van der Waals surface area contributed by atoms with Crippen molar-refractivity contribution >= 4 is 21.6 Å². The van der Waals surface area contributed by atoms with Crippen molar-refractivity contribution in [1.29, 1.82) is 0 Å². The van der Waals surface area contributed by atoms with Crippen LogP contribution in [-0.2, 0) is 6.54 Å². The van der Waals surface area contributed by atoms with E-state index in [1.165, 1.54) is 0 Å². The molecular formula is C9H9NO2S. The first kappa shape index (κ1) is 8.47. The summed E-state index contributed by atoms with van der Waals surface area (Å²) >= 11 is 1.14. The SMILES string of the molecule is CNCc1ccc2sc(=O)oc2c1. The third-order valence-corrected chi connectivity index (χ3v) is 2.58. The number of nitrogens with one attached hydrogen (secondary N) is 1. The first-order valence-corrected chi connectivity index (χ1v) is 4.78. The van der Waals surface area contributed by atoms with E-state index in [0.29, 0.717) is 5.58 Å². The summed E-state index contributed by atoms with van der Waals surface area (Å²) in [4.78, 5) is 10.7. The molecule has 1 aromatic carbocycles. The van der Waals surface area contributed by atoms with Crippen molar-refractivity contribution in [3.63, 3.8) is 0 Å². The van der Waals surface area contributed by atoms with E-state index in [1.54, 1.807) is 0 Å². The smallest absolute Gasteiger partial charge is 0.396 e. The maximum atomic E-state index is 10.9. The summed E-state index contributed by atoms with van der Waals surface area (Å²) in [7, 11) is 1.88. The minimum atomic E-state index is -0.239. The van der Waals surface area contributed by atoms with E-state index in [-0.39, 0.29) is 4.94 Å². The molecule has 0 aliphatic carbocycles. The Morgan fingerprint density at radius 1 is 1.54 bits per heavy atom. The first-order valence-electron chi connectivity index (χ1n) is 3.97. The van der Waals surface area contributed by atoms with Crippen LogP contribution in [0.1, 0.15) is 5.56 Å². The zero-order valence-corrected chi connectivity index (χ0v) is 7.98. The second kappa shape index (κ2) is 3.32. The third-order valence-electron chi connectivity index (χ3n) is 1.78. The average molecular weight is 195 g/mol. The van der Waals surface area contributed by atoms with Gasteiger partial charge in [0.2, 0.25) is 0 Å². The van der Waals surface area contributed by atoms with Crippen LogP contribution in [0.3, 0.4) is 0 Å². The number of fused-ring (bicyclic) bond motifs is 1. The second-order valence-corrected chi connectivity index (χ2v) is 3.74. The standard InChI is InChI=1S/C9H9NO2S/c1-10-5-6-2-3-8-7(4-6)12-9(11)13-8/h2-4,10H,5H2,1H3. The van der Waals surface area contributed by atoms with Crippen LogP contribution < -0.4 is 10.3 Å². The van der Waals surface area contributed by atoms with Gasteiger partial charge in [-0.2, -0.15) is 0 Å². The molecule has 0 radical (unpaired) electrons. The van der Waals surface area contributed by atoms with Gasteiger partial charge in [-0.25, -0.2) is 4.79 Å². The maximum Gasteiger partial charge on any atom is 0.396 e. The van der Waals surface area contributed by atoms with Crippen molar-refractivity contribution in [1.82, 2.24) is 5.32 Å². The summed E-state index contributed by atoms with van der Waals surface area (Å²) < 4.78 is 5.90. The predicted molar refractivity (Wildman–Crippen MR) is 53.1 cm³/mol. The van der Waals surface area contributed by atoms with Crippen LogP contribution in [0.5, 0.6) is 0 Å². The molecule has 0 bridgehead atoms. The van der Waals surface area contributed by atoms with Gasteiger partial charge in [-0.1, -0.05) is 17.4 Å². The quantitative estimate of drug-likeness (QED) is 0.791. The van der Waals surface area contributed by atoms with Crippen molar-refractivity contribution in [2.45, 2.75) is 6.54 Å². The Labute approximate surface area is 79.0 Å². The largest absolute Gasteiger partial charge is 0.414 e. The van der Waals surface area contributed by atoms with E-state index in [0.717, 1.165) is 28.1 Å².